The van der Waals surface area contributed by atoms with E-state index in [1.807, 2.05) is 4.90 Å². The van der Waals surface area contributed by atoms with Crippen LogP contribution >= 0.6 is 0 Å². The highest BCUT2D eigenvalue weighted by atomic mass is 16.5. The number of amides is 1. The Kier molecular flexibility index (Phi) is 3.57. The number of carbonyl (C=O) groups excluding carboxylic acids is 1. The second-order valence-electron chi connectivity index (χ2n) is 6.16. The molecular weight excluding hydrogens is 228 g/mol. The normalized spacial score (nSPS) is 35.1. The van der Waals surface area contributed by atoms with Crippen LogP contribution in [-0.2, 0) is 9.53 Å². The molecule has 0 aromatic carbocycles. The molecule has 102 valence electrons. The second-order valence-corrected chi connectivity index (χ2v) is 6.16. The van der Waals surface area contributed by atoms with Gasteiger partial charge in [-0.15, -0.1) is 0 Å². The molecule has 2 saturated heterocycles. The highest BCUT2D eigenvalue weighted by Crippen LogP contribution is 2.45. The molecule has 1 amide bonds. The van der Waals surface area contributed by atoms with Crippen LogP contribution in [0.3, 0.4) is 0 Å². The van der Waals surface area contributed by atoms with E-state index in [0.29, 0.717) is 5.41 Å². The van der Waals surface area contributed by atoms with E-state index in [9.17, 15) is 4.79 Å². The first-order valence-corrected chi connectivity index (χ1v) is 7.36. The van der Waals surface area contributed by atoms with E-state index < -0.39 is 0 Å². The van der Waals surface area contributed by atoms with Crippen molar-refractivity contribution in [1.29, 1.82) is 0 Å². The zero-order chi connectivity index (χ0) is 12.4. The molecule has 0 aromatic heterocycles. The molecule has 18 heavy (non-hydrogen) atoms. The Bertz CT molecular complexity index is 303. The maximum absolute atomic E-state index is 11.9. The summed E-state index contributed by atoms with van der Waals surface area (Å²) < 4.78 is 5.77. The van der Waals surface area contributed by atoms with Crippen molar-refractivity contribution in [1.82, 2.24) is 10.2 Å². The van der Waals surface area contributed by atoms with Gasteiger partial charge in [0.1, 0.15) is 6.61 Å². The summed E-state index contributed by atoms with van der Waals surface area (Å²) in [5.74, 6) is 0.962. The van der Waals surface area contributed by atoms with Gasteiger partial charge in [0.2, 0.25) is 5.91 Å². The molecule has 0 spiro atoms. The summed E-state index contributed by atoms with van der Waals surface area (Å²) in [4.78, 5) is 13.8. The van der Waals surface area contributed by atoms with Gasteiger partial charge < -0.3 is 15.0 Å². The average molecular weight is 252 g/mol. The lowest BCUT2D eigenvalue weighted by atomic mass is 9.82. The van der Waals surface area contributed by atoms with Crippen molar-refractivity contribution in [2.24, 2.45) is 11.3 Å². The Morgan fingerprint density at radius 1 is 1.33 bits per heavy atom. The van der Waals surface area contributed by atoms with Crippen molar-refractivity contribution in [2.45, 2.75) is 32.1 Å². The van der Waals surface area contributed by atoms with E-state index in [4.69, 9.17) is 4.74 Å². The van der Waals surface area contributed by atoms with Crippen molar-refractivity contribution in [3.63, 3.8) is 0 Å². The van der Waals surface area contributed by atoms with Crippen LogP contribution in [0.1, 0.15) is 32.1 Å². The lowest BCUT2D eigenvalue weighted by molar-refractivity contribution is -0.136. The van der Waals surface area contributed by atoms with E-state index in [1.54, 1.807) is 0 Å². The van der Waals surface area contributed by atoms with Gasteiger partial charge in [-0.05, 0) is 38.1 Å². The SMILES string of the molecule is O=C(COC[C@@]12CCC[C@@H]1CNC2)N1CCCC1. The van der Waals surface area contributed by atoms with E-state index in [2.05, 4.69) is 5.32 Å². The van der Waals surface area contributed by atoms with Crippen LogP contribution in [0, 0.1) is 11.3 Å². The smallest absolute Gasteiger partial charge is 0.248 e. The van der Waals surface area contributed by atoms with Gasteiger partial charge in [-0.25, -0.2) is 0 Å². The van der Waals surface area contributed by atoms with E-state index >= 15 is 0 Å². The minimum Gasteiger partial charge on any atom is -0.371 e. The van der Waals surface area contributed by atoms with E-state index in [0.717, 1.165) is 51.5 Å². The van der Waals surface area contributed by atoms with E-state index in [1.165, 1.54) is 19.3 Å². The summed E-state index contributed by atoms with van der Waals surface area (Å²) >= 11 is 0. The molecular formula is C14H24N2O2. The first-order chi connectivity index (χ1) is 8.80. The zero-order valence-corrected chi connectivity index (χ0v) is 11.1. The van der Waals surface area contributed by atoms with Crippen LogP contribution in [0.5, 0.6) is 0 Å². The fourth-order valence-electron chi connectivity index (χ4n) is 3.90. The van der Waals surface area contributed by atoms with Gasteiger partial charge in [0.15, 0.2) is 0 Å². The standard InChI is InChI=1S/C14H24N2O2/c17-13(16-6-1-2-7-16)9-18-11-14-5-3-4-12(14)8-15-10-14/h12,15H,1-11H2/t12-,14+/m1/s1. The third-order valence-corrected chi connectivity index (χ3v) is 5.03. The van der Waals surface area contributed by atoms with Crippen molar-refractivity contribution < 1.29 is 9.53 Å². The number of hydrogen-bond donors (Lipinski definition) is 1. The number of rotatable bonds is 4. The predicted molar refractivity (Wildman–Crippen MR) is 69.3 cm³/mol. The Balaban J connectivity index is 1.45. The van der Waals surface area contributed by atoms with Crippen LogP contribution in [0.15, 0.2) is 0 Å². The largest absolute Gasteiger partial charge is 0.371 e. The van der Waals surface area contributed by atoms with Gasteiger partial charge in [-0.3, -0.25) is 4.79 Å². The fourth-order valence-corrected chi connectivity index (χ4v) is 3.90. The first kappa shape index (κ1) is 12.4. The van der Waals surface area contributed by atoms with Gasteiger partial charge in [0.25, 0.3) is 0 Å². The monoisotopic (exact) mass is 252 g/mol. The third kappa shape index (κ3) is 2.28. The summed E-state index contributed by atoms with van der Waals surface area (Å²) in [6.45, 7) is 5.13. The van der Waals surface area contributed by atoms with Crippen molar-refractivity contribution >= 4 is 5.91 Å². The number of fused-ring (bicyclic) bond motifs is 1. The zero-order valence-electron chi connectivity index (χ0n) is 11.1. The molecule has 1 saturated carbocycles. The second kappa shape index (κ2) is 5.17. The number of nitrogens with one attached hydrogen (secondary N) is 1. The molecule has 0 bridgehead atoms. The first-order valence-electron chi connectivity index (χ1n) is 7.36. The highest BCUT2D eigenvalue weighted by Gasteiger charge is 2.46. The van der Waals surface area contributed by atoms with Crippen LogP contribution in [-0.4, -0.2) is 50.2 Å². The van der Waals surface area contributed by atoms with Crippen LogP contribution in [0.4, 0.5) is 0 Å². The summed E-state index contributed by atoms with van der Waals surface area (Å²) in [6, 6.07) is 0. The molecule has 3 rings (SSSR count). The Labute approximate surface area is 109 Å². The molecule has 2 atom stereocenters. The Morgan fingerprint density at radius 2 is 2.17 bits per heavy atom. The molecule has 2 heterocycles. The minimum atomic E-state index is 0.185. The van der Waals surface area contributed by atoms with Crippen LogP contribution in [0.25, 0.3) is 0 Å². The summed E-state index contributed by atoms with van der Waals surface area (Å²) in [5, 5.41) is 3.48. The van der Waals surface area contributed by atoms with Crippen molar-refractivity contribution in [2.75, 3.05) is 39.4 Å². The number of hydrogen-bond acceptors (Lipinski definition) is 3. The summed E-state index contributed by atoms with van der Waals surface area (Å²) in [6.07, 6.45) is 6.23. The van der Waals surface area contributed by atoms with Gasteiger partial charge in [0, 0.05) is 25.0 Å². The molecule has 0 aromatic rings. The highest BCUT2D eigenvalue weighted by molar-refractivity contribution is 5.77. The maximum Gasteiger partial charge on any atom is 0.248 e. The quantitative estimate of drug-likeness (QED) is 0.812. The maximum atomic E-state index is 11.9. The van der Waals surface area contributed by atoms with Gasteiger partial charge in [-0.2, -0.15) is 0 Å². The molecule has 2 aliphatic heterocycles. The lowest BCUT2D eigenvalue weighted by Crippen LogP contribution is -2.35. The molecule has 4 nitrogen and oxygen atoms in total. The number of carbonyl (C=O) groups is 1. The van der Waals surface area contributed by atoms with Gasteiger partial charge >= 0.3 is 0 Å². The fraction of sp³-hybridized carbons (Fsp3) is 0.929. The Morgan fingerprint density at radius 3 is 3.00 bits per heavy atom. The van der Waals surface area contributed by atoms with Gasteiger partial charge in [-0.1, -0.05) is 6.42 Å². The van der Waals surface area contributed by atoms with E-state index in [-0.39, 0.29) is 12.5 Å². The third-order valence-electron chi connectivity index (χ3n) is 5.03. The summed E-state index contributed by atoms with van der Waals surface area (Å²) in [7, 11) is 0. The Hall–Kier alpha value is -0.610. The van der Waals surface area contributed by atoms with Crippen molar-refractivity contribution in [3.8, 4) is 0 Å². The molecule has 1 aliphatic carbocycles. The number of ether oxygens (including phenoxy) is 1. The average Bonchev–Trinajstić information content (AvgIpc) is 3.04. The molecule has 0 radical (unpaired) electrons. The van der Waals surface area contributed by atoms with Crippen molar-refractivity contribution in [3.05, 3.63) is 0 Å². The molecule has 3 aliphatic rings. The molecule has 0 unspecified atom stereocenters. The predicted octanol–water partition coefficient (Wildman–Crippen LogP) is 1.02. The van der Waals surface area contributed by atoms with Crippen LogP contribution in [0.2, 0.25) is 0 Å². The number of likely N-dealkylation sites (tertiary alicyclic amines) is 1. The van der Waals surface area contributed by atoms with Crippen LogP contribution < -0.4 is 5.32 Å². The minimum absolute atomic E-state index is 0.185. The number of nitrogens with zero attached hydrogens (tertiary/aromatic N) is 1. The molecule has 4 heteroatoms. The topological polar surface area (TPSA) is 41.6 Å². The molecule has 3 fully saturated rings. The summed E-state index contributed by atoms with van der Waals surface area (Å²) in [5.41, 5.74) is 0.339. The molecule has 1 N–H and O–H groups in total. The van der Waals surface area contributed by atoms with Gasteiger partial charge in [0.05, 0.1) is 6.61 Å². The lowest BCUT2D eigenvalue weighted by Gasteiger charge is -2.28.